The van der Waals surface area contributed by atoms with Crippen LogP contribution in [0.2, 0.25) is 0 Å². The van der Waals surface area contributed by atoms with Crippen LogP contribution in [0.1, 0.15) is 57.8 Å². The maximum absolute atomic E-state index is 12.1. The molecule has 10 heteroatoms. The first-order valence-corrected chi connectivity index (χ1v) is 12.6. The lowest BCUT2D eigenvalue weighted by molar-refractivity contribution is -0.134. The lowest BCUT2D eigenvalue weighted by atomic mass is 9.76. The molecule has 9 nitrogen and oxygen atoms in total. The van der Waals surface area contributed by atoms with Crippen LogP contribution in [0, 0.1) is 11.8 Å². The molecule has 0 aromatic rings. The van der Waals surface area contributed by atoms with Crippen LogP contribution < -0.4 is 32.3 Å². The number of hydrogen-bond acceptors (Lipinski definition) is 8. The summed E-state index contributed by atoms with van der Waals surface area (Å²) in [6.45, 7) is 1.45. The number of hydroxylamine groups is 1. The molecule has 3 aliphatic heterocycles. The maximum Gasteiger partial charge on any atom is 0.237 e. The van der Waals surface area contributed by atoms with Gasteiger partial charge in [0.25, 0.3) is 0 Å². The van der Waals surface area contributed by atoms with Crippen molar-refractivity contribution in [1.82, 2.24) is 32.3 Å². The Hall–Kier alpha value is -0.910. The minimum absolute atomic E-state index is 0.0643. The van der Waals surface area contributed by atoms with Crippen LogP contribution in [0.15, 0.2) is 0 Å². The summed E-state index contributed by atoms with van der Waals surface area (Å²) >= 11 is 1.98. The Balaban J connectivity index is 1.05. The Kier molecular flexibility index (Phi) is 8.25. The van der Waals surface area contributed by atoms with Gasteiger partial charge in [-0.15, -0.1) is 0 Å². The van der Waals surface area contributed by atoms with Crippen LogP contribution in [0.5, 0.6) is 0 Å². The Bertz CT molecular complexity index is 591. The predicted molar refractivity (Wildman–Crippen MR) is 116 cm³/mol. The van der Waals surface area contributed by atoms with Gasteiger partial charge in [0.1, 0.15) is 6.23 Å². The van der Waals surface area contributed by atoms with E-state index in [0.717, 1.165) is 32.2 Å². The minimum Gasteiger partial charge on any atom is -0.356 e. The van der Waals surface area contributed by atoms with Crippen molar-refractivity contribution < 1.29 is 14.4 Å². The van der Waals surface area contributed by atoms with Crippen LogP contribution in [0.4, 0.5) is 0 Å². The molecule has 3 saturated heterocycles. The molecular weight excluding hydrogens is 404 g/mol. The minimum atomic E-state index is -0.0976. The van der Waals surface area contributed by atoms with Gasteiger partial charge in [-0.25, -0.2) is 5.43 Å². The Morgan fingerprint density at radius 3 is 2.93 bits per heavy atom. The van der Waals surface area contributed by atoms with Gasteiger partial charge < -0.3 is 10.6 Å². The van der Waals surface area contributed by atoms with Crippen LogP contribution in [-0.4, -0.2) is 54.5 Å². The van der Waals surface area contributed by atoms with Gasteiger partial charge in [-0.2, -0.15) is 17.2 Å². The van der Waals surface area contributed by atoms with Crippen LogP contribution in [0.3, 0.4) is 0 Å². The number of carbonyl (C=O) groups is 2. The second kappa shape index (κ2) is 11.1. The van der Waals surface area contributed by atoms with E-state index in [2.05, 4.69) is 32.3 Å². The van der Waals surface area contributed by atoms with E-state index in [9.17, 15) is 9.59 Å². The first-order chi connectivity index (χ1) is 14.7. The summed E-state index contributed by atoms with van der Waals surface area (Å²) in [6, 6.07) is 0. The van der Waals surface area contributed by atoms with E-state index in [4.69, 9.17) is 4.84 Å². The number of nitrogens with one attached hydrogen (secondary N) is 6. The van der Waals surface area contributed by atoms with E-state index >= 15 is 0 Å². The van der Waals surface area contributed by atoms with Crippen molar-refractivity contribution >= 4 is 23.6 Å². The normalized spacial score (nSPS) is 36.3. The standard InChI is InChI=1S/C20H36N6O3S/c27-16(8-9-17-23-19(26-29-17)15-7-3-12-30-15)21-10-4-11-22-18-13-5-1-2-6-14(13)20(28)25-24-18/h13-15,17-19,22-24,26H,1-12H2,(H,21,27)(H,25,28). The Morgan fingerprint density at radius 2 is 2.07 bits per heavy atom. The average molecular weight is 441 g/mol. The first-order valence-electron chi connectivity index (χ1n) is 11.5. The zero-order valence-corrected chi connectivity index (χ0v) is 18.4. The summed E-state index contributed by atoms with van der Waals surface area (Å²) in [4.78, 5) is 29.7. The summed E-state index contributed by atoms with van der Waals surface area (Å²) in [5.41, 5.74) is 9.01. The van der Waals surface area contributed by atoms with E-state index in [1.807, 2.05) is 11.8 Å². The Morgan fingerprint density at radius 1 is 1.17 bits per heavy atom. The maximum atomic E-state index is 12.1. The van der Waals surface area contributed by atoms with Crippen molar-refractivity contribution in [2.24, 2.45) is 11.8 Å². The molecule has 1 aliphatic carbocycles. The van der Waals surface area contributed by atoms with Gasteiger partial charge in [0, 0.05) is 30.1 Å². The fourth-order valence-electron chi connectivity index (χ4n) is 4.97. The van der Waals surface area contributed by atoms with Crippen molar-refractivity contribution in [1.29, 1.82) is 0 Å². The second-order valence-electron chi connectivity index (χ2n) is 8.78. The van der Waals surface area contributed by atoms with E-state index in [-0.39, 0.29) is 36.3 Å². The highest BCUT2D eigenvalue weighted by molar-refractivity contribution is 8.00. The summed E-state index contributed by atoms with van der Waals surface area (Å²) in [7, 11) is 0. The molecule has 4 rings (SSSR count). The topological polar surface area (TPSA) is 116 Å². The number of fused-ring (bicyclic) bond motifs is 1. The molecule has 30 heavy (non-hydrogen) atoms. The summed E-state index contributed by atoms with van der Waals surface area (Å²) < 4.78 is 0. The molecular formula is C20H36N6O3S. The van der Waals surface area contributed by atoms with E-state index in [0.29, 0.717) is 30.6 Å². The number of carbonyl (C=O) groups excluding carboxylic acids is 2. The van der Waals surface area contributed by atoms with Gasteiger partial charge in [0.15, 0.2) is 0 Å². The summed E-state index contributed by atoms with van der Waals surface area (Å²) in [6.07, 6.45) is 9.09. The molecule has 1 saturated carbocycles. The zero-order valence-electron chi connectivity index (χ0n) is 17.6. The molecule has 0 spiro atoms. The third kappa shape index (κ3) is 5.86. The highest BCUT2D eigenvalue weighted by Crippen LogP contribution is 2.33. The molecule has 6 N–H and O–H groups in total. The van der Waals surface area contributed by atoms with Crippen molar-refractivity contribution in [3.05, 3.63) is 0 Å². The molecule has 0 bridgehead atoms. The van der Waals surface area contributed by atoms with E-state index in [1.165, 1.54) is 25.0 Å². The smallest absolute Gasteiger partial charge is 0.237 e. The first kappa shape index (κ1) is 22.3. The van der Waals surface area contributed by atoms with Gasteiger partial charge in [0.2, 0.25) is 11.8 Å². The highest BCUT2D eigenvalue weighted by atomic mass is 32.2. The predicted octanol–water partition coefficient (Wildman–Crippen LogP) is 0.302. The monoisotopic (exact) mass is 440 g/mol. The molecule has 6 unspecified atom stereocenters. The molecule has 4 aliphatic rings. The van der Waals surface area contributed by atoms with Gasteiger partial charge in [0.05, 0.1) is 12.3 Å². The number of rotatable bonds is 9. The van der Waals surface area contributed by atoms with Gasteiger partial charge in [-0.3, -0.25) is 25.2 Å². The number of hydrogen-bond donors (Lipinski definition) is 6. The summed E-state index contributed by atoms with van der Waals surface area (Å²) in [5.74, 6) is 1.91. The van der Waals surface area contributed by atoms with E-state index < -0.39 is 0 Å². The molecule has 0 aromatic carbocycles. The number of hydrazine groups is 1. The average Bonchev–Trinajstić information content (AvgIpc) is 3.45. The number of thioether (sulfide) groups is 1. The lowest BCUT2D eigenvalue weighted by Gasteiger charge is -2.41. The van der Waals surface area contributed by atoms with Crippen molar-refractivity contribution in [3.8, 4) is 0 Å². The molecule has 0 radical (unpaired) electrons. The lowest BCUT2D eigenvalue weighted by Crippen LogP contribution is -2.64. The number of amides is 2. The summed E-state index contributed by atoms with van der Waals surface area (Å²) in [5, 5.41) is 10.5. The molecule has 170 valence electrons. The molecule has 3 heterocycles. The van der Waals surface area contributed by atoms with Gasteiger partial charge >= 0.3 is 0 Å². The SMILES string of the molecule is O=C(CCC1NC(C2CCCS2)NO1)NCCCNC1NNC(=O)C2CCCCC12. The molecule has 6 atom stereocenters. The van der Waals surface area contributed by atoms with Crippen molar-refractivity contribution in [3.63, 3.8) is 0 Å². The highest BCUT2D eigenvalue weighted by Gasteiger charge is 2.39. The largest absolute Gasteiger partial charge is 0.356 e. The van der Waals surface area contributed by atoms with Crippen LogP contribution in [-0.2, 0) is 14.4 Å². The van der Waals surface area contributed by atoms with Crippen LogP contribution >= 0.6 is 11.8 Å². The third-order valence-corrected chi connectivity index (χ3v) is 8.11. The van der Waals surface area contributed by atoms with Crippen LogP contribution in [0.25, 0.3) is 0 Å². The van der Waals surface area contributed by atoms with E-state index in [1.54, 1.807) is 0 Å². The molecule has 2 amide bonds. The third-order valence-electron chi connectivity index (χ3n) is 6.65. The fourth-order valence-corrected chi connectivity index (χ4v) is 6.27. The second-order valence-corrected chi connectivity index (χ2v) is 10.1. The molecule has 0 aromatic heterocycles. The van der Waals surface area contributed by atoms with Gasteiger partial charge in [-0.1, -0.05) is 12.8 Å². The van der Waals surface area contributed by atoms with Crippen molar-refractivity contribution in [2.45, 2.75) is 81.6 Å². The quantitative estimate of drug-likeness (QED) is 0.284. The zero-order chi connectivity index (χ0) is 20.8. The van der Waals surface area contributed by atoms with Gasteiger partial charge in [-0.05, 0) is 50.8 Å². The Labute approximate surface area is 182 Å². The van der Waals surface area contributed by atoms with Crippen molar-refractivity contribution in [2.75, 3.05) is 18.8 Å². The fraction of sp³-hybridized carbons (Fsp3) is 0.900. The molecule has 4 fully saturated rings.